The number of rotatable bonds is 9. The van der Waals surface area contributed by atoms with Gasteiger partial charge in [-0.05, 0) is 59.3 Å². The van der Waals surface area contributed by atoms with E-state index in [1.54, 1.807) is 6.92 Å². The maximum Gasteiger partial charge on any atom is 0.323 e. The number of carboxylic acids is 1. The molecule has 0 amide bonds. The predicted octanol–water partition coefficient (Wildman–Crippen LogP) is 2.52. The number of hydrogen-bond acceptors (Lipinski definition) is 4. The summed E-state index contributed by atoms with van der Waals surface area (Å²) in [4.78, 5) is 11.2. The summed E-state index contributed by atoms with van der Waals surface area (Å²) in [5, 5.41) is 9.16. The Balaban J connectivity index is 4.58. The highest BCUT2D eigenvalue weighted by Gasteiger charge is 2.38. The van der Waals surface area contributed by atoms with Crippen molar-refractivity contribution in [3.63, 3.8) is 0 Å². The van der Waals surface area contributed by atoms with Crippen LogP contribution in [0.1, 0.15) is 67.7 Å². The summed E-state index contributed by atoms with van der Waals surface area (Å²) < 4.78 is 5.95. The highest BCUT2D eigenvalue weighted by Crippen LogP contribution is 2.36. The van der Waals surface area contributed by atoms with E-state index in [1.807, 2.05) is 41.5 Å². The van der Waals surface area contributed by atoms with Gasteiger partial charge in [-0.3, -0.25) is 4.79 Å². The molecule has 126 valence electrons. The van der Waals surface area contributed by atoms with Crippen molar-refractivity contribution in [2.45, 2.75) is 84.4 Å². The third-order valence-corrected chi connectivity index (χ3v) is 3.48. The number of ether oxygens (including phenoxy) is 1. The van der Waals surface area contributed by atoms with Gasteiger partial charge in [-0.1, -0.05) is 13.8 Å². The third kappa shape index (κ3) is 9.06. The second-order valence-electron chi connectivity index (χ2n) is 8.59. The summed E-state index contributed by atoms with van der Waals surface area (Å²) in [6, 6.07) is 0. The van der Waals surface area contributed by atoms with Crippen LogP contribution in [0.25, 0.3) is 0 Å². The van der Waals surface area contributed by atoms with Crippen LogP contribution in [0.2, 0.25) is 0 Å². The van der Waals surface area contributed by atoms with Gasteiger partial charge >= 0.3 is 5.97 Å². The standard InChI is InChI=1S/C16H34N2O3/c1-13(2,11-16(7,18)12(19)20)10-15(5,6)21-9-8-14(3,4)17/h8-11,17-18H2,1-7H3,(H,19,20). The number of carboxylic acid groups (broad SMARTS) is 1. The van der Waals surface area contributed by atoms with Gasteiger partial charge in [-0.2, -0.15) is 0 Å². The molecule has 0 aliphatic rings. The number of carbonyl (C=O) groups is 1. The van der Waals surface area contributed by atoms with Crippen molar-refractivity contribution >= 4 is 5.97 Å². The Labute approximate surface area is 129 Å². The first-order chi connectivity index (χ1) is 9.06. The van der Waals surface area contributed by atoms with E-state index in [-0.39, 0.29) is 16.6 Å². The summed E-state index contributed by atoms with van der Waals surface area (Å²) in [5.41, 5.74) is 9.77. The zero-order valence-corrected chi connectivity index (χ0v) is 14.7. The highest BCUT2D eigenvalue weighted by atomic mass is 16.5. The molecule has 0 aromatic heterocycles. The van der Waals surface area contributed by atoms with Crippen LogP contribution in [-0.4, -0.2) is 34.4 Å². The van der Waals surface area contributed by atoms with Crippen molar-refractivity contribution in [2.75, 3.05) is 6.61 Å². The first-order valence-corrected chi connectivity index (χ1v) is 7.52. The van der Waals surface area contributed by atoms with Gasteiger partial charge in [0.25, 0.3) is 0 Å². The molecular formula is C16H34N2O3. The average molecular weight is 302 g/mol. The maximum atomic E-state index is 11.2. The number of aliphatic carboxylic acids is 1. The summed E-state index contributed by atoms with van der Waals surface area (Å²) >= 11 is 0. The quantitative estimate of drug-likeness (QED) is 0.608. The van der Waals surface area contributed by atoms with Crippen molar-refractivity contribution in [2.24, 2.45) is 16.9 Å². The molecule has 1 atom stereocenters. The van der Waals surface area contributed by atoms with E-state index in [1.165, 1.54) is 0 Å². The molecule has 0 radical (unpaired) electrons. The number of nitrogens with two attached hydrogens (primary N) is 2. The minimum Gasteiger partial charge on any atom is -0.480 e. The van der Waals surface area contributed by atoms with Crippen molar-refractivity contribution in [3.05, 3.63) is 0 Å². The van der Waals surface area contributed by atoms with Gasteiger partial charge in [-0.15, -0.1) is 0 Å². The fraction of sp³-hybridized carbons (Fsp3) is 0.938. The molecule has 5 N–H and O–H groups in total. The second kappa shape index (κ2) is 6.63. The molecule has 5 heteroatoms. The molecule has 0 saturated carbocycles. The molecule has 0 spiro atoms. The van der Waals surface area contributed by atoms with E-state index < -0.39 is 11.5 Å². The molecule has 0 aromatic carbocycles. The Bertz CT molecular complexity index is 355. The molecule has 0 aromatic rings. The lowest BCUT2D eigenvalue weighted by Gasteiger charge is -2.38. The van der Waals surface area contributed by atoms with Crippen molar-refractivity contribution < 1.29 is 14.6 Å². The van der Waals surface area contributed by atoms with Gasteiger partial charge in [-0.25, -0.2) is 0 Å². The lowest BCUT2D eigenvalue weighted by molar-refractivity contribution is -0.144. The molecule has 5 nitrogen and oxygen atoms in total. The minimum atomic E-state index is -1.22. The van der Waals surface area contributed by atoms with Gasteiger partial charge in [0, 0.05) is 12.1 Å². The molecule has 21 heavy (non-hydrogen) atoms. The maximum absolute atomic E-state index is 11.2. The van der Waals surface area contributed by atoms with Crippen LogP contribution in [0.3, 0.4) is 0 Å². The predicted molar refractivity (Wildman–Crippen MR) is 86.2 cm³/mol. The van der Waals surface area contributed by atoms with Crippen LogP contribution >= 0.6 is 0 Å². The SMILES string of the molecule is CC(C)(N)CCOC(C)(C)CC(C)(C)CC(C)(N)C(=O)O. The normalized spacial score (nSPS) is 16.6. The average Bonchev–Trinajstić information content (AvgIpc) is 2.09. The smallest absolute Gasteiger partial charge is 0.323 e. The van der Waals surface area contributed by atoms with E-state index in [9.17, 15) is 4.79 Å². The second-order valence-corrected chi connectivity index (χ2v) is 8.59. The van der Waals surface area contributed by atoms with Crippen molar-refractivity contribution in [1.82, 2.24) is 0 Å². The fourth-order valence-corrected chi connectivity index (χ4v) is 2.93. The van der Waals surface area contributed by atoms with E-state index >= 15 is 0 Å². The topological polar surface area (TPSA) is 98.6 Å². The Morgan fingerprint density at radius 2 is 1.48 bits per heavy atom. The first-order valence-electron chi connectivity index (χ1n) is 7.52. The van der Waals surface area contributed by atoms with Gasteiger partial charge in [0.2, 0.25) is 0 Å². The lowest BCUT2D eigenvalue weighted by Crippen LogP contribution is -2.49. The highest BCUT2D eigenvalue weighted by molar-refractivity contribution is 5.77. The zero-order valence-electron chi connectivity index (χ0n) is 14.7. The lowest BCUT2D eigenvalue weighted by atomic mass is 9.73. The van der Waals surface area contributed by atoms with Crippen LogP contribution in [-0.2, 0) is 9.53 Å². The van der Waals surface area contributed by atoms with E-state index in [4.69, 9.17) is 21.3 Å². The van der Waals surface area contributed by atoms with Crippen LogP contribution in [0.4, 0.5) is 0 Å². The van der Waals surface area contributed by atoms with Crippen molar-refractivity contribution in [3.8, 4) is 0 Å². The van der Waals surface area contributed by atoms with Gasteiger partial charge in [0.05, 0.1) is 5.60 Å². The van der Waals surface area contributed by atoms with E-state index in [0.29, 0.717) is 13.0 Å². The summed E-state index contributed by atoms with van der Waals surface area (Å²) in [6.07, 6.45) is 1.90. The zero-order chi connectivity index (χ0) is 17.1. The molecule has 0 saturated heterocycles. The molecule has 0 aliphatic heterocycles. The van der Waals surface area contributed by atoms with Gasteiger partial charge in [0.1, 0.15) is 5.54 Å². The fourth-order valence-electron chi connectivity index (χ4n) is 2.93. The summed E-state index contributed by atoms with van der Waals surface area (Å²) in [5.74, 6) is -0.973. The number of hydrogen-bond donors (Lipinski definition) is 3. The third-order valence-electron chi connectivity index (χ3n) is 3.48. The monoisotopic (exact) mass is 302 g/mol. The van der Waals surface area contributed by atoms with E-state index in [0.717, 1.165) is 12.8 Å². The molecule has 1 unspecified atom stereocenters. The van der Waals surface area contributed by atoms with Crippen LogP contribution < -0.4 is 11.5 Å². The molecular weight excluding hydrogens is 268 g/mol. The largest absolute Gasteiger partial charge is 0.480 e. The Morgan fingerprint density at radius 1 is 1.00 bits per heavy atom. The Hall–Kier alpha value is -0.650. The molecule has 0 heterocycles. The first kappa shape index (κ1) is 20.3. The molecule has 0 rings (SSSR count). The van der Waals surface area contributed by atoms with Crippen molar-refractivity contribution in [1.29, 1.82) is 0 Å². The van der Waals surface area contributed by atoms with Crippen LogP contribution in [0.15, 0.2) is 0 Å². The van der Waals surface area contributed by atoms with Crippen LogP contribution in [0, 0.1) is 5.41 Å². The Morgan fingerprint density at radius 3 is 1.86 bits per heavy atom. The summed E-state index contributed by atoms with van der Waals surface area (Å²) in [7, 11) is 0. The molecule has 0 fully saturated rings. The van der Waals surface area contributed by atoms with Gasteiger partial charge < -0.3 is 21.3 Å². The Kier molecular flexibility index (Phi) is 6.42. The van der Waals surface area contributed by atoms with Gasteiger partial charge in [0.15, 0.2) is 0 Å². The van der Waals surface area contributed by atoms with Crippen LogP contribution in [0.5, 0.6) is 0 Å². The minimum absolute atomic E-state index is 0.233. The van der Waals surface area contributed by atoms with E-state index in [2.05, 4.69) is 0 Å². The summed E-state index contributed by atoms with van der Waals surface area (Å²) in [6.45, 7) is 14.2. The molecule has 0 bridgehead atoms. The molecule has 0 aliphatic carbocycles.